The molecule has 0 aliphatic carbocycles. The summed E-state index contributed by atoms with van der Waals surface area (Å²) in [4.78, 5) is 16.0. The number of piperazine rings is 1. The predicted octanol–water partition coefficient (Wildman–Crippen LogP) is 2.29. The normalized spacial score (nSPS) is 16.3. The number of hydrogen-bond donors (Lipinski definition) is 1. The van der Waals surface area contributed by atoms with Crippen molar-refractivity contribution in [3.8, 4) is 0 Å². The zero-order chi connectivity index (χ0) is 18.3. The van der Waals surface area contributed by atoms with Crippen molar-refractivity contribution in [1.29, 1.82) is 0 Å². The number of oxazole rings is 1. The van der Waals surface area contributed by atoms with Crippen molar-refractivity contribution in [2.45, 2.75) is 4.90 Å². The lowest BCUT2D eigenvalue weighted by molar-refractivity contribution is 0.385. The van der Waals surface area contributed by atoms with Crippen LogP contribution in [0.4, 0.5) is 5.69 Å². The van der Waals surface area contributed by atoms with Crippen LogP contribution in [0.3, 0.4) is 0 Å². The molecule has 136 valence electrons. The zero-order valence-electron chi connectivity index (χ0n) is 13.7. The van der Waals surface area contributed by atoms with Crippen molar-refractivity contribution in [3.63, 3.8) is 0 Å². The predicted molar refractivity (Wildman–Crippen MR) is 99.3 cm³/mol. The summed E-state index contributed by atoms with van der Waals surface area (Å²) in [5.41, 5.74) is 1.68. The average molecular weight is 394 g/mol. The summed E-state index contributed by atoms with van der Waals surface area (Å²) in [5, 5.41) is 0.653. The lowest BCUT2D eigenvalue weighted by Gasteiger charge is -2.35. The minimum atomic E-state index is -3.64. The third-order valence-electron chi connectivity index (χ3n) is 4.44. The van der Waals surface area contributed by atoms with Gasteiger partial charge in [-0.3, -0.25) is 4.98 Å². The standard InChI is InChI=1S/C17H16ClN3O4S/c18-12-2-1-3-13(10-12)20-6-8-21(9-7-20)26(23,24)14-4-5-16-15(11-14)19-17(22)25-16/h1-5,10-11H,6-9H2,(H,19,22). The third kappa shape index (κ3) is 3.11. The third-order valence-corrected chi connectivity index (χ3v) is 6.57. The van der Waals surface area contributed by atoms with E-state index in [0.717, 1.165) is 5.69 Å². The first-order valence-corrected chi connectivity index (χ1v) is 9.89. The van der Waals surface area contributed by atoms with Crippen LogP contribution in [-0.4, -0.2) is 43.9 Å². The van der Waals surface area contributed by atoms with Crippen LogP contribution in [0, 0.1) is 0 Å². The first-order chi connectivity index (χ1) is 12.4. The Kier molecular flexibility index (Phi) is 4.26. The smallest absolute Gasteiger partial charge is 0.408 e. The van der Waals surface area contributed by atoms with E-state index in [0.29, 0.717) is 42.3 Å². The summed E-state index contributed by atoms with van der Waals surface area (Å²) in [6, 6.07) is 11.9. The van der Waals surface area contributed by atoms with Crippen LogP contribution in [0.25, 0.3) is 11.1 Å². The molecule has 2 aromatic carbocycles. The zero-order valence-corrected chi connectivity index (χ0v) is 15.3. The Labute approximate surface area is 154 Å². The highest BCUT2D eigenvalue weighted by Crippen LogP contribution is 2.24. The molecule has 1 aliphatic rings. The van der Waals surface area contributed by atoms with Crippen LogP contribution in [0.2, 0.25) is 5.02 Å². The minimum absolute atomic E-state index is 0.137. The molecule has 0 amide bonds. The molecule has 0 saturated carbocycles. The minimum Gasteiger partial charge on any atom is -0.408 e. The fourth-order valence-electron chi connectivity index (χ4n) is 3.10. The maximum absolute atomic E-state index is 12.9. The lowest BCUT2D eigenvalue weighted by atomic mass is 10.2. The van der Waals surface area contributed by atoms with Gasteiger partial charge < -0.3 is 9.32 Å². The maximum atomic E-state index is 12.9. The molecule has 1 fully saturated rings. The molecule has 9 heteroatoms. The van der Waals surface area contributed by atoms with E-state index in [1.165, 1.54) is 22.5 Å². The second-order valence-electron chi connectivity index (χ2n) is 6.04. The summed E-state index contributed by atoms with van der Waals surface area (Å²) in [5.74, 6) is -0.607. The van der Waals surface area contributed by atoms with Gasteiger partial charge >= 0.3 is 5.76 Å². The Hall–Kier alpha value is -2.29. The number of nitrogens with one attached hydrogen (secondary N) is 1. The highest BCUT2D eigenvalue weighted by atomic mass is 35.5. The Morgan fingerprint density at radius 1 is 1.04 bits per heavy atom. The van der Waals surface area contributed by atoms with Crippen molar-refractivity contribution in [3.05, 3.63) is 58.0 Å². The van der Waals surface area contributed by atoms with Crippen molar-refractivity contribution in [2.24, 2.45) is 0 Å². The second kappa shape index (κ2) is 6.46. The molecule has 0 unspecified atom stereocenters. The number of aromatic nitrogens is 1. The van der Waals surface area contributed by atoms with Gasteiger partial charge in [-0.2, -0.15) is 4.31 Å². The lowest BCUT2D eigenvalue weighted by Crippen LogP contribution is -2.48. The number of rotatable bonds is 3. The molecule has 1 saturated heterocycles. The van der Waals surface area contributed by atoms with E-state index in [2.05, 4.69) is 9.88 Å². The Morgan fingerprint density at radius 2 is 1.81 bits per heavy atom. The molecule has 0 radical (unpaired) electrons. The SMILES string of the molecule is O=c1[nH]c2cc(S(=O)(=O)N3CCN(c4cccc(Cl)c4)CC3)ccc2o1. The monoisotopic (exact) mass is 393 g/mol. The fourth-order valence-corrected chi connectivity index (χ4v) is 4.73. The van der Waals surface area contributed by atoms with E-state index in [9.17, 15) is 13.2 Å². The molecular weight excluding hydrogens is 378 g/mol. The molecular formula is C17H16ClN3O4S. The number of aromatic amines is 1. The van der Waals surface area contributed by atoms with Crippen LogP contribution in [0.5, 0.6) is 0 Å². The molecule has 4 rings (SSSR count). The molecule has 7 nitrogen and oxygen atoms in total. The van der Waals surface area contributed by atoms with E-state index >= 15 is 0 Å². The van der Waals surface area contributed by atoms with E-state index in [4.69, 9.17) is 16.0 Å². The summed E-state index contributed by atoms with van der Waals surface area (Å²) in [6.07, 6.45) is 0. The molecule has 0 spiro atoms. The molecule has 2 heterocycles. The molecule has 0 bridgehead atoms. The van der Waals surface area contributed by atoms with Crippen molar-refractivity contribution < 1.29 is 12.8 Å². The Morgan fingerprint density at radius 3 is 2.54 bits per heavy atom. The molecule has 26 heavy (non-hydrogen) atoms. The van der Waals surface area contributed by atoms with Crippen LogP contribution in [-0.2, 0) is 10.0 Å². The largest absolute Gasteiger partial charge is 0.417 e. The van der Waals surface area contributed by atoms with Crippen molar-refractivity contribution in [2.75, 3.05) is 31.1 Å². The van der Waals surface area contributed by atoms with Gasteiger partial charge in [0.05, 0.1) is 10.4 Å². The molecule has 1 N–H and O–H groups in total. The highest BCUT2D eigenvalue weighted by Gasteiger charge is 2.29. The van der Waals surface area contributed by atoms with Crippen LogP contribution in [0.15, 0.2) is 56.6 Å². The van der Waals surface area contributed by atoms with Gasteiger partial charge in [-0.1, -0.05) is 17.7 Å². The summed E-state index contributed by atoms with van der Waals surface area (Å²) < 4.78 is 32.2. The number of nitrogens with zero attached hydrogens (tertiary/aromatic N) is 2. The van der Waals surface area contributed by atoms with Crippen LogP contribution in [0.1, 0.15) is 0 Å². The summed E-state index contributed by atoms with van der Waals surface area (Å²) in [6.45, 7) is 1.89. The number of fused-ring (bicyclic) bond motifs is 1. The first kappa shape index (κ1) is 17.1. The topological polar surface area (TPSA) is 86.6 Å². The summed E-state index contributed by atoms with van der Waals surface area (Å²) in [7, 11) is -3.64. The van der Waals surface area contributed by atoms with Crippen molar-refractivity contribution in [1.82, 2.24) is 9.29 Å². The Balaban J connectivity index is 1.54. The Bertz CT molecular complexity index is 1110. The number of anilines is 1. The van der Waals surface area contributed by atoms with Crippen LogP contribution < -0.4 is 10.7 Å². The molecule has 1 aromatic heterocycles. The van der Waals surface area contributed by atoms with E-state index in [-0.39, 0.29) is 4.90 Å². The number of halogens is 1. The van der Waals surface area contributed by atoms with Gasteiger partial charge in [-0.05, 0) is 36.4 Å². The second-order valence-corrected chi connectivity index (χ2v) is 8.42. The maximum Gasteiger partial charge on any atom is 0.417 e. The fraction of sp³-hybridized carbons (Fsp3) is 0.235. The van der Waals surface area contributed by atoms with E-state index < -0.39 is 15.8 Å². The van der Waals surface area contributed by atoms with Gasteiger partial charge in [-0.25, -0.2) is 13.2 Å². The van der Waals surface area contributed by atoms with Gasteiger partial charge in [0.25, 0.3) is 0 Å². The van der Waals surface area contributed by atoms with Gasteiger partial charge in [0.15, 0.2) is 5.58 Å². The first-order valence-electron chi connectivity index (χ1n) is 8.07. The van der Waals surface area contributed by atoms with Gasteiger partial charge in [0, 0.05) is 36.9 Å². The van der Waals surface area contributed by atoms with Gasteiger partial charge in [0.2, 0.25) is 10.0 Å². The molecule has 0 atom stereocenters. The summed E-state index contributed by atoms with van der Waals surface area (Å²) >= 11 is 6.03. The average Bonchev–Trinajstić information content (AvgIpc) is 3.01. The number of sulfonamides is 1. The quantitative estimate of drug-likeness (QED) is 0.737. The van der Waals surface area contributed by atoms with Gasteiger partial charge in [-0.15, -0.1) is 0 Å². The highest BCUT2D eigenvalue weighted by molar-refractivity contribution is 7.89. The van der Waals surface area contributed by atoms with E-state index in [1.54, 1.807) is 0 Å². The molecule has 1 aliphatic heterocycles. The molecule has 3 aromatic rings. The van der Waals surface area contributed by atoms with Gasteiger partial charge in [0.1, 0.15) is 0 Å². The number of hydrogen-bond acceptors (Lipinski definition) is 5. The number of benzene rings is 2. The number of H-pyrrole nitrogens is 1. The van der Waals surface area contributed by atoms with Crippen molar-refractivity contribution >= 4 is 38.4 Å². The van der Waals surface area contributed by atoms with Crippen LogP contribution >= 0.6 is 11.6 Å². The van der Waals surface area contributed by atoms with E-state index in [1.807, 2.05) is 24.3 Å².